The van der Waals surface area contributed by atoms with Crippen LogP contribution in [0.2, 0.25) is 0 Å². The fraction of sp³-hybridized carbons (Fsp3) is 0.333. The molecule has 136 valence electrons. The van der Waals surface area contributed by atoms with E-state index in [2.05, 4.69) is 22.3 Å². The number of amides is 2. The van der Waals surface area contributed by atoms with Crippen molar-refractivity contribution < 1.29 is 9.59 Å². The number of anilines is 1. The normalized spacial score (nSPS) is 14.2. The largest absolute Gasteiger partial charge is 0.350 e. The summed E-state index contributed by atoms with van der Waals surface area (Å²) in [5.74, 6) is -0.0468. The van der Waals surface area contributed by atoms with Crippen molar-refractivity contribution in [3.63, 3.8) is 0 Å². The van der Waals surface area contributed by atoms with Gasteiger partial charge in [0.15, 0.2) is 0 Å². The molecule has 1 N–H and O–H groups in total. The van der Waals surface area contributed by atoms with Crippen LogP contribution in [0, 0.1) is 0 Å². The summed E-state index contributed by atoms with van der Waals surface area (Å²) >= 11 is 0. The van der Waals surface area contributed by atoms with Gasteiger partial charge < -0.3 is 15.1 Å². The Balaban J connectivity index is 1.70. The molecule has 3 rings (SSSR count). The van der Waals surface area contributed by atoms with Crippen LogP contribution in [0.1, 0.15) is 34.5 Å². The molecule has 1 aliphatic rings. The molecule has 0 saturated heterocycles. The van der Waals surface area contributed by atoms with Crippen molar-refractivity contribution in [2.75, 3.05) is 32.1 Å². The van der Waals surface area contributed by atoms with Crippen molar-refractivity contribution in [1.29, 1.82) is 0 Å². The minimum absolute atomic E-state index is 0.0395. The lowest BCUT2D eigenvalue weighted by Crippen LogP contribution is -2.34. The molecule has 0 bridgehead atoms. The number of carbonyl (C=O) groups excluding carboxylic acids is 2. The van der Waals surface area contributed by atoms with Crippen LogP contribution in [0.25, 0.3) is 0 Å². The van der Waals surface area contributed by atoms with Gasteiger partial charge in [-0.05, 0) is 49.8 Å². The SMILES string of the molecule is CC(=O)N1CCc2cc(C(=O)NCC(c3ccccc3)N(C)C)ccc21. The maximum atomic E-state index is 12.6. The van der Waals surface area contributed by atoms with E-state index in [9.17, 15) is 9.59 Å². The van der Waals surface area contributed by atoms with E-state index >= 15 is 0 Å². The second kappa shape index (κ2) is 7.70. The van der Waals surface area contributed by atoms with E-state index in [1.54, 1.807) is 17.9 Å². The lowest BCUT2D eigenvalue weighted by molar-refractivity contribution is -0.116. The fourth-order valence-electron chi connectivity index (χ4n) is 3.44. The van der Waals surface area contributed by atoms with E-state index in [1.165, 1.54) is 5.56 Å². The van der Waals surface area contributed by atoms with Gasteiger partial charge in [-0.25, -0.2) is 0 Å². The molecule has 2 aromatic rings. The smallest absolute Gasteiger partial charge is 0.251 e. The molecule has 1 heterocycles. The van der Waals surface area contributed by atoms with Gasteiger partial charge in [0.2, 0.25) is 5.91 Å². The fourth-order valence-corrected chi connectivity index (χ4v) is 3.44. The molecule has 0 saturated carbocycles. The van der Waals surface area contributed by atoms with Gasteiger partial charge >= 0.3 is 0 Å². The molecule has 0 fully saturated rings. The van der Waals surface area contributed by atoms with E-state index in [0.717, 1.165) is 17.7 Å². The van der Waals surface area contributed by atoms with Crippen LogP contribution in [0.4, 0.5) is 5.69 Å². The molecule has 0 aromatic heterocycles. The average molecular weight is 351 g/mol. The van der Waals surface area contributed by atoms with Crippen molar-refractivity contribution in [3.8, 4) is 0 Å². The van der Waals surface area contributed by atoms with Gasteiger partial charge in [-0.2, -0.15) is 0 Å². The number of fused-ring (bicyclic) bond motifs is 1. The summed E-state index contributed by atoms with van der Waals surface area (Å²) in [5, 5.41) is 3.04. The second-order valence-corrected chi connectivity index (χ2v) is 6.86. The van der Waals surface area contributed by atoms with Crippen molar-refractivity contribution in [1.82, 2.24) is 10.2 Å². The molecule has 26 heavy (non-hydrogen) atoms. The van der Waals surface area contributed by atoms with Crippen molar-refractivity contribution in [2.24, 2.45) is 0 Å². The van der Waals surface area contributed by atoms with E-state index < -0.39 is 0 Å². The summed E-state index contributed by atoms with van der Waals surface area (Å²) in [5.41, 5.74) is 3.79. The summed E-state index contributed by atoms with van der Waals surface area (Å²) < 4.78 is 0. The Kier molecular flexibility index (Phi) is 5.38. The zero-order chi connectivity index (χ0) is 18.7. The zero-order valence-corrected chi connectivity index (χ0v) is 15.5. The summed E-state index contributed by atoms with van der Waals surface area (Å²) in [7, 11) is 4.02. The van der Waals surface area contributed by atoms with Crippen LogP contribution in [0.5, 0.6) is 0 Å². The van der Waals surface area contributed by atoms with Crippen LogP contribution in [0.3, 0.4) is 0 Å². The third kappa shape index (κ3) is 3.78. The molecule has 1 unspecified atom stereocenters. The summed E-state index contributed by atoms with van der Waals surface area (Å²) in [6.07, 6.45) is 0.792. The third-order valence-corrected chi connectivity index (χ3v) is 4.88. The Labute approximate surface area is 154 Å². The quantitative estimate of drug-likeness (QED) is 0.901. The molecule has 5 nitrogen and oxygen atoms in total. The maximum absolute atomic E-state index is 12.6. The van der Waals surface area contributed by atoms with Crippen molar-refractivity contribution in [2.45, 2.75) is 19.4 Å². The number of rotatable bonds is 5. The highest BCUT2D eigenvalue weighted by Crippen LogP contribution is 2.29. The monoisotopic (exact) mass is 351 g/mol. The van der Waals surface area contributed by atoms with Crippen LogP contribution in [-0.2, 0) is 11.2 Å². The maximum Gasteiger partial charge on any atom is 0.251 e. The first-order valence-electron chi connectivity index (χ1n) is 8.88. The van der Waals surface area contributed by atoms with Crippen molar-refractivity contribution in [3.05, 3.63) is 65.2 Å². The van der Waals surface area contributed by atoms with Gasteiger partial charge in [-0.1, -0.05) is 30.3 Å². The number of benzene rings is 2. The summed E-state index contributed by atoms with van der Waals surface area (Å²) in [4.78, 5) is 28.1. The molecular weight excluding hydrogens is 326 g/mol. The Morgan fingerprint density at radius 1 is 1.15 bits per heavy atom. The number of nitrogens with zero attached hydrogens (tertiary/aromatic N) is 2. The Morgan fingerprint density at radius 2 is 1.88 bits per heavy atom. The topological polar surface area (TPSA) is 52.7 Å². The molecule has 5 heteroatoms. The second-order valence-electron chi connectivity index (χ2n) is 6.86. The summed E-state index contributed by atoms with van der Waals surface area (Å²) in [6, 6.07) is 15.8. The Bertz CT molecular complexity index is 802. The van der Waals surface area contributed by atoms with Gasteiger partial charge in [0.1, 0.15) is 0 Å². The van der Waals surface area contributed by atoms with Crippen LogP contribution in [-0.4, -0.2) is 43.9 Å². The van der Waals surface area contributed by atoms with Gasteiger partial charge in [0.25, 0.3) is 5.91 Å². The molecular formula is C21H25N3O2. The molecule has 2 aromatic carbocycles. The summed E-state index contributed by atoms with van der Waals surface area (Å²) in [6.45, 7) is 2.79. The first-order valence-corrected chi connectivity index (χ1v) is 8.88. The predicted molar refractivity (Wildman–Crippen MR) is 103 cm³/mol. The Hall–Kier alpha value is -2.66. The lowest BCUT2D eigenvalue weighted by Gasteiger charge is -2.25. The Morgan fingerprint density at radius 3 is 2.54 bits per heavy atom. The van der Waals surface area contributed by atoms with Crippen LogP contribution in [0.15, 0.2) is 48.5 Å². The zero-order valence-electron chi connectivity index (χ0n) is 15.5. The number of hydrogen-bond acceptors (Lipinski definition) is 3. The van der Waals surface area contributed by atoms with E-state index in [4.69, 9.17) is 0 Å². The van der Waals surface area contributed by atoms with Crippen molar-refractivity contribution >= 4 is 17.5 Å². The standard InChI is InChI=1S/C21H25N3O2/c1-15(25)24-12-11-17-13-18(9-10-19(17)24)21(26)22-14-20(23(2)3)16-7-5-4-6-8-16/h4-10,13,20H,11-12,14H2,1-3H3,(H,22,26). The minimum atomic E-state index is -0.0862. The molecule has 0 aliphatic carbocycles. The average Bonchev–Trinajstić information content (AvgIpc) is 3.05. The third-order valence-electron chi connectivity index (χ3n) is 4.88. The first-order chi connectivity index (χ1) is 12.5. The van der Waals surface area contributed by atoms with E-state index in [-0.39, 0.29) is 17.9 Å². The van der Waals surface area contributed by atoms with Crippen LogP contribution < -0.4 is 10.2 Å². The molecule has 1 atom stereocenters. The highest BCUT2D eigenvalue weighted by molar-refractivity contribution is 5.97. The number of hydrogen-bond donors (Lipinski definition) is 1. The molecule has 0 spiro atoms. The van der Waals surface area contributed by atoms with Gasteiger partial charge in [0.05, 0.1) is 6.04 Å². The molecule has 0 radical (unpaired) electrons. The van der Waals surface area contributed by atoms with E-state index in [1.807, 2.05) is 44.4 Å². The lowest BCUT2D eigenvalue weighted by atomic mass is 10.1. The number of carbonyl (C=O) groups is 2. The molecule has 1 aliphatic heterocycles. The predicted octanol–water partition coefficient (Wildman–Crippen LogP) is 2.63. The number of nitrogens with one attached hydrogen (secondary N) is 1. The van der Waals surface area contributed by atoms with Gasteiger partial charge in [0, 0.05) is 31.3 Å². The highest BCUT2D eigenvalue weighted by atomic mass is 16.2. The van der Waals surface area contributed by atoms with Gasteiger partial charge in [-0.3, -0.25) is 9.59 Å². The highest BCUT2D eigenvalue weighted by Gasteiger charge is 2.23. The van der Waals surface area contributed by atoms with Crippen LogP contribution >= 0.6 is 0 Å². The van der Waals surface area contributed by atoms with E-state index in [0.29, 0.717) is 18.7 Å². The minimum Gasteiger partial charge on any atom is -0.350 e. The van der Waals surface area contributed by atoms with Gasteiger partial charge in [-0.15, -0.1) is 0 Å². The number of likely N-dealkylation sites (N-methyl/N-ethyl adjacent to an activating group) is 1. The first kappa shape index (κ1) is 18.1. The molecule has 2 amide bonds.